The maximum atomic E-state index is 12.6. The van der Waals surface area contributed by atoms with Crippen LogP contribution in [0, 0.1) is 0 Å². The summed E-state index contributed by atoms with van der Waals surface area (Å²) in [6, 6.07) is 19.2. The van der Waals surface area contributed by atoms with Gasteiger partial charge in [-0.05, 0) is 30.5 Å². The molecule has 1 amide bonds. The Hall–Kier alpha value is -3.19. The molecule has 1 saturated heterocycles. The molecule has 0 N–H and O–H groups in total. The molecule has 1 aromatic heterocycles. The van der Waals surface area contributed by atoms with Crippen molar-refractivity contribution in [1.82, 2.24) is 15.0 Å². The van der Waals surface area contributed by atoms with Crippen LogP contribution in [0.5, 0.6) is 5.75 Å². The summed E-state index contributed by atoms with van der Waals surface area (Å²) in [6.45, 7) is 1.72. The average molecular weight is 407 g/mol. The zero-order chi connectivity index (χ0) is 20.6. The number of para-hydroxylation sites is 1. The minimum absolute atomic E-state index is 0.00513. The fraction of sp³-hybridized carbons (Fsp3) is 0.348. The topological polar surface area (TPSA) is 77.7 Å². The summed E-state index contributed by atoms with van der Waals surface area (Å²) in [5.41, 5.74) is 1.13. The maximum absolute atomic E-state index is 12.6. The Morgan fingerprint density at radius 3 is 2.67 bits per heavy atom. The number of carbonyl (C=O) groups is 1. The molecular formula is C23H25N3O4. The second-order valence-electron chi connectivity index (χ2n) is 7.18. The molecule has 0 radical (unpaired) electrons. The van der Waals surface area contributed by atoms with Gasteiger partial charge in [0.2, 0.25) is 5.89 Å². The van der Waals surface area contributed by atoms with Crippen molar-refractivity contribution in [3.63, 3.8) is 0 Å². The highest BCUT2D eigenvalue weighted by atomic mass is 16.5. The van der Waals surface area contributed by atoms with Gasteiger partial charge in [-0.25, -0.2) is 0 Å². The molecule has 3 aromatic rings. The van der Waals surface area contributed by atoms with E-state index in [1.807, 2.05) is 60.7 Å². The number of carbonyl (C=O) groups excluding carboxylic acids is 1. The lowest BCUT2D eigenvalue weighted by Crippen LogP contribution is -2.34. The molecule has 1 aliphatic heterocycles. The first-order valence-electron chi connectivity index (χ1n) is 10.2. The molecular weight excluding hydrogens is 382 g/mol. The van der Waals surface area contributed by atoms with Crippen molar-refractivity contribution in [3.8, 4) is 5.75 Å². The van der Waals surface area contributed by atoms with Crippen LogP contribution in [0.15, 0.2) is 65.2 Å². The van der Waals surface area contributed by atoms with Gasteiger partial charge < -0.3 is 18.9 Å². The Labute approximate surface area is 175 Å². The van der Waals surface area contributed by atoms with E-state index in [-0.39, 0.29) is 18.6 Å². The third-order valence-electron chi connectivity index (χ3n) is 5.03. The predicted octanol–water partition coefficient (Wildman–Crippen LogP) is 3.57. The first-order valence-corrected chi connectivity index (χ1v) is 10.2. The summed E-state index contributed by atoms with van der Waals surface area (Å²) < 4.78 is 16.7. The van der Waals surface area contributed by atoms with Gasteiger partial charge in [0.1, 0.15) is 11.8 Å². The summed E-state index contributed by atoms with van der Waals surface area (Å²) in [5.74, 6) is 1.68. The second-order valence-corrected chi connectivity index (χ2v) is 7.18. The van der Waals surface area contributed by atoms with Gasteiger partial charge in [-0.3, -0.25) is 4.79 Å². The number of rotatable bonds is 9. The monoisotopic (exact) mass is 407 g/mol. The minimum atomic E-state index is -0.191. The zero-order valence-corrected chi connectivity index (χ0v) is 16.8. The fourth-order valence-corrected chi connectivity index (χ4v) is 3.50. The third kappa shape index (κ3) is 5.24. The normalized spacial score (nSPS) is 16.0. The standard InChI is InChI=1S/C23H25N3O4/c27-22(17-29-19-10-5-2-6-11-19)26-14-7-12-20(26)23-24-21(25-30-23)13-15-28-16-18-8-3-1-4-9-18/h1-6,8-11,20H,7,12-17H2. The number of hydrogen-bond acceptors (Lipinski definition) is 6. The van der Waals surface area contributed by atoms with Crippen molar-refractivity contribution in [2.24, 2.45) is 0 Å². The lowest BCUT2D eigenvalue weighted by atomic mass is 10.2. The molecule has 7 nitrogen and oxygen atoms in total. The highest BCUT2D eigenvalue weighted by molar-refractivity contribution is 5.78. The molecule has 156 valence electrons. The molecule has 7 heteroatoms. The Morgan fingerprint density at radius 1 is 1.10 bits per heavy atom. The van der Waals surface area contributed by atoms with Crippen molar-refractivity contribution in [2.45, 2.75) is 31.9 Å². The lowest BCUT2D eigenvalue weighted by molar-refractivity contribution is -0.134. The van der Waals surface area contributed by atoms with E-state index in [0.29, 0.717) is 43.6 Å². The van der Waals surface area contributed by atoms with E-state index < -0.39 is 0 Å². The van der Waals surface area contributed by atoms with Gasteiger partial charge in [0.25, 0.3) is 5.91 Å². The van der Waals surface area contributed by atoms with E-state index >= 15 is 0 Å². The average Bonchev–Trinajstić information content (AvgIpc) is 3.46. The maximum Gasteiger partial charge on any atom is 0.261 e. The van der Waals surface area contributed by atoms with E-state index in [0.717, 1.165) is 18.4 Å². The Bertz CT molecular complexity index is 930. The molecule has 2 heterocycles. The summed E-state index contributed by atoms with van der Waals surface area (Å²) >= 11 is 0. The van der Waals surface area contributed by atoms with Crippen LogP contribution in [0.3, 0.4) is 0 Å². The van der Waals surface area contributed by atoms with Crippen LogP contribution in [0.25, 0.3) is 0 Å². The van der Waals surface area contributed by atoms with Crippen LogP contribution < -0.4 is 4.74 Å². The first-order chi connectivity index (χ1) is 14.8. The van der Waals surface area contributed by atoms with Gasteiger partial charge in [-0.1, -0.05) is 53.7 Å². The zero-order valence-electron chi connectivity index (χ0n) is 16.8. The summed E-state index contributed by atoms with van der Waals surface area (Å²) in [7, 11) is 0. The Balaban J connectivity index is 1.27. The van der Waals surface area contributed by atoms with E-state index in [2.05, 4.69) is 10.1 Å². The van der Waals surface area contributed by atoms with Crippen molar-refractivity contribution in [2.75, 3.05) is 19.8 Å². The van der Waals surface area contributed by atoms with E-state index in [4.69, 9.17) is 14.0 Å². The fourth-order valence-electron chi connectivity index (χ4n) is 3.50. The summed E-state index contributed by atoms with van der Waals surface area (Å²) in [4.78, 5) is 18.9. The number of ether oxygens (including phenoxy) is 2. The Kier molecular flexibility index (Phi) is 6.72. The largest absolute Gasteiger partial charge is 0.484 e. The molecule has 0 saturated carbocycles. The molecule has 30 heavy (non-hydrogen) atoms. The predicted molar refractivity (Wildman–Crippen MR) is 110 cm³/mol. The van der Waals surface area contributed by atoms with Crippen molar-refractivity contribution in [3.05, 3.63) is 77.9 Å². The van der Waals surface area contributed by atoms with Gasteiger partial charge in [0, 0.05) is 13.0 Å². The molecule has 0 spiro atoms. The van der Waals surface area contributed by atoms with E-state index in [1.54, 1.807) is 4.90 Å². The molecule has 1 aliphatic rings. The van der Waals surface area contributed by atoms with Crippen molar-refractivity contribution >= 4 is 5.91 Å². The SMILES string of the molecule is O=C(COc1ccccc1)N1CCCC1c1nc(CCOCc2ccccc2)no1. The van der Waals surface area contributed by atoms with Crippen LogP contribution in [-0.4, -0.2) is 40.7 Å². The minimum Gasteiger partial charge on any atom is -0.484 e. The van der Waals surface area contributed by atoms with Gasteiger partial charge in [0.05, 0.1) is 13.2 Å². The summed E-state index contributed by atoms with van der Waals surface area (Å²) in [5, 5.41) is 4.06. The van der Waals surface area contributed by atoms with Gasteiger partial charge in [0.15, 0.2) is 12.4 Å². The molecule has 1 atom stereocenters. The van der Waals surface area contributed by atoms with Gasteiger partial charge in [-0.2, -0.15) is 4.98 Å². The van der Waals surface area contributed by atoms with Crippen LogP contribution in [0.4, 0.5) is 0 Å². The number of benzene rings is 2. The van der Waals surface area contributed by atoms with E-state index in [1.165, 1.54) is 0 Å². The quantitative estimate of drug-likeness (QED) is 0.505. The molecule has 2 aromatic carbocycles. The van der Waals surface area contributed by atoms with Crippen molar-refractivity contribution in [1.29, 1.82) is 0 Å². The molecule has 1 unspecified atom stereocenters. The lowest BCUT2D eigenvalue weighted by Gasteiger charge is -2.21. The van der Waals surface area contributed by atoms with Crippen molar-refractivity contribution < 1.29 is 18.8 Å². The van der Waals surface area contributed by atoms with Crippen LogP contribution in [0.1, 0.15) is 36.2 Å². The number of likely N-dealkylation sites (tertiary alicyclic amines) is 1. The summed E-state index contributed by atoms with van der Waals surface area (Å²) in [6.07, 6.45) is 2.27. The number of aromatic nitrogens is 2. The molecule has 0 aliphatic carbocycles. The van der Waals surface area contributed by atoms with E-state index in [9.17, 15) is 4.79 Å². The number of nitrogens with zero attached hydrogens (tertiary/aromatic N) is 3. The highest BCUT2D eigenvalue weighted by Crippen LogP contribution is 2.31. The molecule has 4 rings (SSSR count). The Morgan fingerprint density at radius 2 is 1.87 bits per heavy atom. The van der Waals surface area contributed by atoms with Crippen LogP contribution in [0.2, 0.25) is 0 Å². The molecule has 0 bridgehead atoms. The highest BCUT2D eigenvalue weighted by Gasteiger charge is 2.34. The third-order valence-corrected chi connectivity index (χ3v) is 5.03. The first kappa shape index (κ1) is 20.1. The van der Waals surface area contributed by atoms with Gasteiger partial charge >= 0.3 is 0 Å². The number of hydrogen-bond donors (Lipinski definition) is 0. The second kappa shape index (κ2) is 10.0. The van der Waals surface area contributed by atoms with Crippen LogP contribution in [-0.2, 0) is 22.6 Å². The molecule has 1 fully saturated rings. The van der Waals surface area contributed by atoms with Gasteiger partial charge in [-0.15, -0.1) is 0 Å². The smallest absolute Gasteiger partial charge is 0.261 e. The number of amides is 1. The van der Waals surface area contributed by atoms with Crippen LogP contribution >= 0.6 is 0 Å².